The molecule has 0 saturated carbocycles. The Hall–Kier alpha value is -2.45. The normalized spacial score (nSPS) is 10.6. The number of hydrogen-bond donors (Lipinski definition) is 1. The molecule has 1 aromatic heterocycles. The molecule has 27 heavy (non-hydrogen) atoms. The number of aromatic nitrogens is 2. The van der Waals surface area contributed by atoms with Crippen molar-refractivity contribution in [1.82, 2.24) is 9.78 Å². The van der Waals surface area contributed by atoms with Crippen LogP contribution in [-0.2, 0) is 17.9 Å². The second-order valence-electron chi connectivity index (χ2n) is 6.03. The standard InChI is InChI=1S/C19H18BrN3O3S/c1-12-4-3-5-15(8-12)25-11-18-22-23(19(27)26-18)10-17(24)21-16-7-6-14(20)9-13(16)2/h3-9H,10-11H2,1-2H3,(H,21,24). The molecule has 0 unspecified atom stereocenters. The van der Waals surface area contributed by atoms with Crippen LogP contribution in [0.3, 0.4) is 0 Å². The highest BCUT2D eigenvalue weighted by molar-refractivity contribution is 9.10. The lowest BCUT2D eigenvalue weighted by Crippen LogP contribution is -2.20. The minimum atomic E-state index is -0.240. The van der Waals surface area contributed by atoms with Crippen LogP contribution in [0.15, 0.2) is 51.4 Å². The van der Waals surface area contributed by atoms with E-state index in [0.717, 1.165) is 21.3 Å². The molecule has 0 aliphatic heterocycles. The number of carbonyl (C=O) groups is 1. The van der Waals surface area contributed by atoms with Gasteiger partial charge in [0.25, 0.3) is 10.7 Å². The Bertz CT molecular complexity index is 1030. The minimum Gasteiger partial charge on any atom is -0.484 e. The number of ether oxygens (including phenoxy) is 1. The zero-order valence-corrected chi connectivity index (χ0v) is 17.3. The van der Waals surface area contributed by atoms with E-state index in [2.05, 4.69) is 26.3 Å². The maximum absolute atomic E-state index is 12.3. The lowest BCUT2D eigenvalue weighted by Gasteiger charge is -2.08. The molecule has 0 bridgehead atoms. The molecule has 3 aromatic rings. The molecule has 0 spiro atoms. The molecular formula is C19H18BrN3O3S. The monoisotopic (exact) mass is 447 g/mol. The summed E-state index contributed by atoms with van der Waals surface area (Å²) in [5, 5.41) is 7.06. The van der Waals surface area contributed by atoms with Crippen LogP contribution in [0.25, 0.3) is 0 Å². The summed E-state index contributed by atoms with van der Waals surface area (Å²) in [6, 6.07) is 13.3. The van der Waals surface area contributed by atoms with Crippen molar-refractivity contribution >= 4 is 39.7 Å². The third kappa shape index (κ3) is 5.27. The van der Waals surface area contributed by atoms with Crippen molar-refractivity contribution in [3.63, 3.8) is 0 Å². The third-order valence-corrected chi connectivity index (χ3v) is 4.54. The van der Waals surface area contributed by atoms with Crippen LogP contribution in [0.1, 0.15) is 17.0 Å². The summed E-state index contributed by atoms with van der Waals surface area (Å²) in [4.78, 5) is 12.4. The number of carbonyl (C=O) groups excluding carboxylic acids is 1. The van der Waals surface area contributed by atoms with Gasteiger partial charge in [-0.25, -0.2) is 4.68 Å². The lowest BCUT2D eigenvalue weighted by atomic mass is 10.2. The Labute approximate surface area is 170 Å². The Kier molecular flexibility index (Phi) is 6.08. The smallest absolute Gasteiger partial charge is 0.287 e. The van der Waals surface area contributed by atoms with E-state index in [1.807, 2.05) is 56.3 Å². The predicted octanol–water partition coefficient (Wildman–Crippen LogP) is 4.80. The zero-order chi connectivity index (χ0) is 19.4. The van der Waals surface area contributed by atoms with Crippen LogP contribution >= 0.6 is 28.1 Å². The number of benzene rings is 2. The van der Waals surface area contributed by atoms with E-state index in [4.69, 9.17) is 21.4 Å². The van der Waals surface area contributed by atoms with Crippen LogP contribution in [0, 0.1) is 18.7 Å². The second-order valence-corrected chi connectivity index (χ2v) is 7.30. The van der Waals surface area contributed by atoms with Crippen molar-refractivity contribution in [3.05, 3.63) is 68.8 Å². The topological polar surface area (TPSA) is 69.3 Å². The molecule has 0 atom stereocenters. The molecule has 1 amide bonds. The number of nitrogens with zero attached hydrogens (tertiary/aromatic N) is 2. The fraction of sp³-hybridized carbons (Fsp3) is 0.211. The maximum Gasteiger partial charge on any atom is 0.287 e. The summed E-state index contributed by atoms with van der Waals surface area (Å²) in [5.41, 5.74) is 2.79. The van der Waals surface area contributed by atoms with Crippen molar-refractivity contribution in [2.45, 2.75) is 27.0 Å². The van der Waals surface area contributed by atoms with Crippen molar-refractivity contribution < 1.29 is 13.9 Å². The first-order chi connectivity index (χ1) is 12.9. The first-order valence-corrected chi connectivity index (χ1v) is 9.43. The molecular weight excluding hydrogens is 430 g/mol. The third-order valence-electron chi connectivity index (χ3n) is 3.76. The minimum absolute atomic E-state index is 0.0394. The maximum atomic E-state index is 12.3. The van der Waals surface area contributed by atoms with E-state index >= 15 is 0 Å². The molecule has 6 nitrogen and oxygen atoms in total. The van der Waals surface area contributed by atoms with Crippen LogP contribution in [0.5, 0.6) is 5.75 Å². The average molecular weight is 448 g/mol. The van der Waals surface area contributed by atoms with E-state index in [-0.39, 0.29) is 23.9 Å². The Morgan fingerprint density at radius 3 is 2.85 bits per heavy atom. The first-order valence-electron chi connectivity index (χ1n) is 8.23. The Morgan fingerprint density at radius 1 is 1.30 bits per heavy atom. The molecule has 0 radical (unpaired) electrons. The van der Waals surface area contributed by atoms with Crippen LogP contribution < -0.4 is 10.1 Å². The molecule has 140 valence electrons. The molecule has 0 aliphatic carbocycles. The van der Waals surface area contributed by atoms with Gasteiger partial charge < -0.3 is 14.5 Å². The quantitative estimate of drug-likeness (QED) is 0.549. The molecule has 0 aliphatic rings. The zero-order valence-electron chi connectivity index (χ0n) is 14.9. The largest absolute Gasteiger partial charge is 0.484 e. The lowest BCUT2D eigenvalue weighted by molar-refractivity contribution is -0.117. The van der Waals surface area contributed by atoms with Crippen LogP contribution in [0.2, 0.25) is 0 Å². The molecule has 8 heteroatoms. The number of anilines is 1. The number of hydrogen-bond acceptors (Lipinski definition) is 5. The molecule has 1 heterocycles. The van der Waals surface area contributed by atoms with Gasteiger partial charge in [0.2, 0.25) is 5.91 Å². The summed E-state index contributed by atoms with van der Waals surface area (Å²) < 4.78 is 13.4. The van der Waals surface area contributed by atoms with Crippen LogP contribution in [-0.4, -0.2) is 15.7 Å². The van der Waals surface area contributed by atoms with E-state index in [1.54, 1.807) is 0 Å². The highest BCUT2D eigenvalue weighted by Crippen LogP contribution is 2.20. The number of halogens is 1. The molecule has 3 rings (SSSR count). The Balaban J connectivity index is 1.62. The fourth-order valence-electron chi connectivity index (χ4n) is 2.45. The highest BCUT2D eigenvalue weighted by atomic mass is 79.9. The van der Waals surface area contributed by atoms with E-state index in [0.29, 0.717) is 11.6 Å². The summed E-state index contributed by atoms with van der Waals surface area (Å²) in [6.45, 7) is 4.00. The number of aryl methyl sites for hydroxylation is 2. The van der Waals surface area contributed by atoms with Gasteiger partial charge in [-0.3, -0.25) is 4.79 Å². The van der Waals surface area contributed by atoms with Crippen molar-refractivity contribution in [2.24, 2.45) is 0 Å². The van der Waals surface area contributed by atoms with Gasteiger partial charge in [-0.1, -0.05) is 28.1 Å². The van der Waals surface area contributed by atoms with Gasteiger partial charge in [0, 0.05) is 10.2 Å². The highest BCUT2D eigenvalue weighted by Gasteiger charge is 2.11. The number of amides is 1. The summed E-state index contributed by atoms with van der Waals surface area (Å²) >= 11 is 8.54. The van der Waals surface area contributed by atoms with E-state index in [9.17, 15) is 4.79 Å². The second kappa shape index (κ2) is 8.49. The first kappa shape index (κ1) is 19.3. The van der Waals surface area contributed by atoms with Crippen molar-refractivity contribution in [1.29, 1.82) is 0 Å². The molecule has 1 N–H and O–H groups in total. The van der Waals surface area contributed by atoms with Crippen molar-refractivity contribution in [3.8, 4) is 5.75 Å². The van der Waals surface area contributed by atoms with Gasteiger partial charge in [-0.2, -0.15) is 0 Å². The van der Waals surface area contributed by atoms with E-state index < -0.39 is 0 Å². The Morgan fingerprint density at radius 2 is 2.11 bits per heavy atom. The van der Waals surface area contributed by atoms with Gasteiger partial charge in [-0.05, 0) is 67.5 Å². The van der Waals surface area contributed by atoms with Gasteiger partial charge >= 0.3 is 0 Å². The fourth-order valence-corrected chi connectivity index (χ4v) is 3.13. The molecule has 2 aromatic carbocycles. The predicted molar refractivity (Wildman–Crippen MR) is 108 cm³/mol. The van der Waals surface area contributed by atoms with Crippen LogP contribution in [0.4, 0.5) is 5.69 Å². The molecule has 0 saturated heterocycles. The van der Waals surface area contributed by atoms with Gasteiger partial charge in [-0.15, -0.1) is 5.10 Å². The van der Waals surface area contributed by atoms with Gasteiger partial charge in [0.05, 0.1) is 0 Å². The van der Waals surface area contributed by atoms with E-state index in [1.165, 1.54) is 4.68 Å². The number of rotatable bonds is 6. The van der Waals surface area contributed by atoms with Gasteiger partial charge in [0.1, 0.15) is 12.3 Å². The summed E-state index contributed by atoms with van der Waals surface area (Å²) in [5.74, 6) is 0.791. The molecule has 0 fully saturated rings. The van der Waals surface area contributed by atoms with Crippen molar-refractivity contribution in [2.75, 3.05) is 5.32 Å². The number of nitrogens with one attached hydrogen (secondary N) is 1. The summed E-state index contributed by atoms with van der Waals surface area (Å²) in [6.07, 6.45) is 0. The summed E-state index contributed by atoms with van der Waals surface area (Å²) in [7, 11) is 0. The van der Waals surface area contributed by atoms with Gasteiger partial charge in [0.15, 0.2) is 6.61 Å². The average Bonchev–Trinajstić information content (AvgIpc) is 2.95. The SMILES string of the molecule is Cc1cccc(OCc2nn(CC(=O)Nc3ccc(Br)cc3C)c(=S)o2)c1.